The third kappa shape index (κ3) is 3.72. The molecule has 7 nitrogen and oxygen atoms in total. The Balaban J connectivity index is 1.48. The quantitative estimate of drug-likeness (QED) is 0.676. The van der Waals surface area contributed by atoms with Crippen LogP contribution in [0, 0.1) is 6.92 Å². The zero-order valence-corrected chi connectivity index (χ0v) is 19.0. The van der Waals surface area contributed by atoms with E-state index in [1.54, 1.807) is 9.42 Å². The molecule has 164 valence electrons. The van der Waals surface area contributed by atoms with E-state index >= 15 is 0 Å². The number of thiophene rings is 1. The molecule has 0 aromatic carbocycles. The molecule has 5 rings (SSSR count). The summed E-state index contributed by atoms with van der Waals surface area (Å²) in [6.45, 7) is 7.03. The summed E-state index contributed by atoms with van der Waals surface area (Å²) >= 11 is 1.82. The molecule has 3 aromatic rings. The standard InChI is InChI=1S/C23H29N5O2S/c1-3-22(29)27-10-7-17-16(13-27)23(30)28-21(24-17)12-18(25-28)19-6-4-5-9-26(19)14-20-15(2)8-11-31-20/h8,11-12,19,25H,3-7,9-10,13-14H2,1-2H3/t19-/m0/s1. The van der Waals surface area contributed by atoms with Gasteiger partial charge in [-0.2, -0.15) is 0 Å². The largest absolute Gasteiger partial charge is 0.338 e. The molecule has 1 amide bonds. The highest BCUT2D eigenvalue weighted by atomic mass is 32.1. The summed E-state index contributed by atoms with van der Waals surface area (Å²) in [6.07, 6.45) is 4.56. The molecule has 0 saturated carbocycles. The number of amides is 1. The number of fused-ring (bicyclic) bond motifs is 2. The summed E-state index contributed by atoms with van der Waals surface area (Å²) in [7, 11) is 0. The minimum Gasteiger partial charge on any atom is -0.338 e. The molecule has 0 bridgehead atoms. The number of aryl methyl sites for hydroxylation is 1. The fourth-order valence-electron chi connectivity index (χ4n) is 4.89. The fraction of sp³-hybridized carbons (Fsp3) is 0.522. The number of aromatic amines is 1. The van der Waals surface area contributed by atoms with Crippen molar-refractivity contribution in [1.29, 1.82) is 0 Å². The van der Waals surface area contributed by atoms with Crippen LogP contribution in [0.2, 0.25) is 0 Å². The molecule has 5 heterocycles. The Morgan fingerprint density at radius 2 is 2.19 bits per heavy atom. The SMILES string of the molecule is CCC(=O)N1CCc2nc3cc([C@@H]4CCCCN4Cc4sccc4C)[nH]n3c(=O)c2C1. The topological polar surface area (TPSA) is 73.7 Å². The molecule has 0 unspecified atom stereocenters. The van der Waals surface area contributed by atoms with E-state index in [9.17, 15) is 9.59 Å². The molecule has 1 atom stereocenters. The minimum atomic E-state index is -0.0729. The van der Waals surface area contributed by atoms with E-state index in [2.05, 4.69) is 34.4 Å². The summed E-state index contributed by atoms with van der Waals surface area (Å²) < 4.78 is 1.58. The van der Waals surface area contributed by atoms with Crippen molar-refractivity contribution in [3.8, 4) is 0 Å². The summed E-state index contributed by atoms with van der Waals surface area (Å²) in [5, 5.41) is 5.53. The van der Waals surface area contributed by atoms with Crippen LogP contribution in [0.1, 0.15) is 66.0 Å². The number of hydrogen-bond donors (Lipinski definition) is 1. The molecule has 0 spiro atoms. The smallest absolute Gasteiger partial charge is 0.277 e. The lowest BCUT2D eigenvalue weighted by Crippen LogP contribution is -2.40. The molecular formula is C23H29N5O2S. The first-order chi connectivity index (χ1) is 15.0. The number of aromatic nitrogens is 3. The van der Waals surface area contributed by atoms with E-state index in [0.717, 1.165) is 30.9 Å². The summed E-state index contributed by atoms with van der Waals surface area (Å²) in [6, 6.07) is 4.49. The van der Waals surface area contributed by atoms with Gasteiger partial charge in [0.1, 0.15) is 0 Å². The maximum absolute atomic E-state index is 13.2. The average Bonchev–Trinajstić information content (AvgIpc) is 3.40. The van der Waals surface area contributed by atoms with Crippen LogP contribution in [0.3, 0.4) is 0 Å². The van der Waals surface area contributed by atoms with Gasteiger partial charge in [0, 0.05) is 36.9 Å². The number of nitrogens with one attached hydrogen (secondary N) is 1. The van der Waals surface area contributed by atoms with E-state index in [-0.39, 0.29) is 17.5 Å². The van der Waals surface area contributed by atoms with Gasteiger partial charge in [-0.05, 0) is 43.3 Å². The van der Waals surface area contributed by atoms with Gasteiger partial charge in [0.05, 0.1) is 29.5 Å². The maximum atomic E-state index is 13.2. The van der Waals surface area contributed by atoms with Gasteiger partial charge in [-0.15, -0.1) is 11.3 Å². The van der Waals surface area contributed by atoms with Gasteiger partial charge in [-0.25, -0.2) is 9.50 Å². The lowest BCUT2D eigenvalue weighted by Gasteiger charge is -2.34. The van der Waals surface area contributed by atoms with Gasteiger partial charge < -0.3 is 4.90 Å². The summed E-state index contributed by atoms with van der Waals surface area (Å²) in [5.74, 6) is 0.0871. The van der Waals surface area contributed by atoms with Gasteiger partial charge in [0.15, 0.2) is 5.65 Å². The van der Waals surface area contributed by atoms with E-state index in [0.29, 0.717) is 37.1 Å². The second kappa shape index (κ2) is 8.24. The van der Waals surface area contributed by atoms with E-state index < -0.39 is 0 Å². The number of hydrogen-bond acceptors (Lipinski definition) is 5. The van der Waals surface area contributed by atoms with Gasteiger partial charge in [-0.1, -0.05) is 13.3 Å². The van der Waals surface area contributed by atoms with Crippen molar-refractivity contribution in [3.63, 3.8) is 0 Å². The zero-order valence-electron chi connectivity index (χ0n) is 18.2. The minimum absolute atomic E-state index is 0.0729. The van der Waals surface area contributed by atoms with Crippen molar-refractivity contribution in [2.24, 2.45) is 0 Å². The first kappa shape index (κ1) is 20.5. The van der Waals surface area contributed by atoms with Crippen molar-refractivity contribution in [2.75, 3.05) is 13.1 Å². The van der Waals surface area contributed by atoms with Crippen LogP contribution in [0.25, 0.3) is 5.65 Å². The van der Waals surface area contributed by atoms with Crippen LogP contribution >= 0.6 is 11.3 Å². The number of carbonyl (C=O) groups excluding carboxylic acids is 1. The first-order valence-corrected chi connectivity index (χ1v) is 12.1. The number of rotatable bonds is 4. The normalized spacial score (nSPS) is 19.7. The predicted molar refractivity (Wildman–Crippen MR) is 121 cm³/mol. The molecule has 2 aliphatic heterocycles. The molecule has 1 saturated heterocycles. The Morgan fingerprint density at radius 1 is 1.32 bits per heavy atom. The second-order valence-electron chi connectivity index (χ2n) is 8.67. The Labute approximate surface area is 185 Å². The molecule has 0 aliphatic carbocycles. The highest BCUT2D eigenvalue weighted by Crippen LogP contribution is 2.33. The Hall–Kier alpha value is -2.45. The van der Waals surface area contributed by atoms with Crippen molar-refractivity contribution in [1.82, 2.24) is 24.4 Å². The van der Waals surface area contributed by atoms with Crippen molar-refractivity contribution >= 4 is 22.9 Å². The molecule has 1 fully saturated rings. The van der Waals surface area contributed by atoms with Gasteiger partial charge in [0.25, 0.3) is 5.56 Å². The highest BCUT2D eigenvalue weighted by Gasteiger charge is 2.28. The number of piperidine rings is 1. The van der Waals surface area contributed by atoms with Gasteiger partial charge in [-0.3, -0.25) is 19.6 Å². The Kier molecular flexibility index (Phi) is 5.44. The summed E-state index contributed by atoms with van der Waals surface area (Å²) in [4.78, 5) is 35.9. The van der Waals surface area contributed by atoms with Crippen LogP contribution in [-0.4, -0.2) is 43.4 Å². The van der Waals surface area contributed by atoms with Crippen LogP contribution in [0.5, 0.6) is 0 Å². The van der Waals surface area contributed by atoms with Crippen LogP contribution in [0.4, 0.5) is 0 Å². The summed E-state index contributed by atoms with van der Waals surface area (Å²) in [5.41, 5.74) is 4.51. The lowest BCUT2D eigenvalue weighted by atomic mass is 9.99. The number of carbonyl (C=O) groups is 1. The van der Waals surface area contributed by atoms with E-state index in [1.807, 2.05) is 18.3 Å². The molecule has 0 radical (unpaired) electrons. The third-order valence-corrected chi connectivity index (χ3v) is 7.73. The van der Waals surface area contributed by atoms with Crippen LogP contribution < -0.4 is 5.56 Å². The number of nitrogens with zero attached hydrogens (tertiary/aromatic N) is 4. The average molecular weight is 440 g/mol. The molecule has 2 aliphatic rings. The zero-order chi connectivity index (χ0) is 21.5. The Morgan fingerprint density at radius 3 is 2.97 bits per heavy atom. The van der Waals surface area contributed by atoms with Gasteiger partial charge >= 0.3 is 0 Å². The van der Waals surface area contributed by atoms with E-state index in [1.165, 1.54) is 23.3 Å². The maximum Gasteiger partial charge on any atom is 0.277 e. The number of likely N-dealkylation sites (tertiary alicyclic amines) is 1. The van der Waals surface area contributed by atoms with Crippen LogP contribution in [0.15, 0.2) is 22.3 Å². The second-order valence-corrected chi connectivity index (χ2v) is 9.68. The molecule has 31 heavy (non-hydrogen) atoms. The van der Waals surface area contributed by atoms with E-state index in [4.69, 9.17) is 4.98 Å². The molecule has 1 N–H and O–H groups in total. The third-order valence-electron chi connectivity index (χ3n) is 6.72. The molecular weight excluding hydrogens is 410 g/mol. The highest BCUT2D eigenvalue weighted by molar-refractivity contribution is 7.10. The van der Waals surface area contributed by atoms with Crippen molar-refractivity contribution in [3.05, 3.63) is 55.3 Å². The van der Waals surface area contributed by atoms with Crippen LogP contribution in [-0.2, 0) is 24.3 Å². The fourth-order valence-corrected chi connectivity index (χ4v) is 5.82. The Bertz CT molecular complexity index is 1180. The van der Waals surface area contributed by atoms with Crippen molar-refractivity contribution < 1.29 is 4.79 Å². The predicted octanol–water partition coefficient (Wildman–Crippen LogP) is 3.41. The van der Waals surface area contributed by atoms with Crippen molar-refractivity contribution in [2.45, 2.75) is 65.1 Å². The van der Waals surface area contributed by atoms with Gasteiger partial charge in [0.2, 0.25) is 5.91 Å². The first-order valence-electron chi connectivity index (χ1n) is 11.2. The lowest BCUT2D eigenvalue weighted by molar-refractivity contribution is -0.131. The number of H-pyrrole nitrogens is 1. The molecule has 3 aromatic heterocycles. The molecule has 8 heteroatoms. The monoisotopic (exact) mass is 439 g/mol.